The summed E-state index contributed by atoms with van der Waals surface area (Å²) < 4.78 is 81.9. The van der Waals surface area contributed by atoms with Crippen molar-refractivity contribution in [3.63, 3.8) is 0 Å². The van der Waals surface area contributed by atoms with Gasteiger partial charge in [0.1, 0.15) is 159 Å². The molecule has 37 heteroatoms. The van der Waals surface area contributed by atoms with Crippen molar-refractivity contribution in [3.05, 3.63) is 0 Å². The second-order valence-corrected chi connectivity index (χ2v) is 21.8. The first-order valence-corrected chi connectivity index (χ1v) is 28.2. The van der Waals surface area contributed by atoms with Crippen molar-refractivity contribution in [3.8, 4) is 0 Å². The minimum atomic E-state index is -2.18. The van der Waals surface area contributed by atoms with Gasteiger partial charge in [-0.1, -0.05) is 0 Å². The van der Waals surface area contributed by atoms with Crippen LogP contribution in [0.1, 0.15) is 6.42 Å². The van der Waals surface area contributed by atoms with Crippen LogP contribution in [0.2, 0.25) is 0 Å². The van der Waals surface area contributed by atoms with Crippen LogP contribution in [0.3, 0.4) is 0 Å². The van der Waals surface area contributed by atoms with Gasteiger partial charge in [-0.3, -0.25) is 0 Å². The van der Waals surface area contributed by atoms with Crippen molar-refractivity contribution in [2.75, 3.05) is 85.5 Å². The highest BCUT2D eigenvalue weighted by Crippen LogP contribution is 2.39. The van der Waals surface area contributed by atoms with Gasteiger partial charge in [-0.25, -0.2) is 0 Å². The Morgan fingerprint density at radius 3 is 0.824 bits per heavy atom. The summed E-state index contributed by atoms with van der Waals surface area (Å²) in [4.78, 5) is 0. The molecular formula is C48H86N4O33. The molecule has 21 aliphatic heterocycles. The van der Waals surface area contributed by atoms with Crippen LogP contribution in [0.15, 0.2) is 0 Å². The van der Waals surface area contributed by atoms with Crippen LogP contribution in [0.4, 0.5) is 0 Å². The number of aliphatic hydroxyl groups is 19. The van der Waals surface area contributed by atoms with Gasteiger partial charge in [0.05, 0.1) is 45.7 Å². The lowest BCUT2D eigenvalue weighted by Crippen LogP contribution is -2.68. The molecule has 0 aromatic heterocycles. The van der Waals surface area contributed by atoms with E-state index in [1.807, 2.05) is 0 Å². The summed E-state index contributed by atoms with van der Waals surface area (Å²) in [5.74, 6) is 0. The molecule has 0 radical (unpaired) electrons. The molecule has 21 aliphatic rings. The zero-order valence-electron chi connectivity index (χ0n) is 45.8. The standard InChI is InChI=1S/C48H86N4O33/c49-1-2-50-3-4-51-5-6-52-8-16-37-24(60)30(66)43(73-16)82-39-20(12-56)77-47(34(70)28(39)64)85-42-22(14-58)78-48(35(71)29(42)65)84-40-19(11-55)75-44(32(68)26(40)62)80-36-15(59)7-23(72-17(36)9-53)79-38-18(10-54)74-46(31(67)25(38)61)83-41-21(13-57)76-45(81-37)33(69)27(41)63/h15-48,50-71H,1-14,49H2/t15-,16-,17-,18-,19-,20-,21-,22-,23-,24-,25-,26-,27-,28-,29-,30-,31-,32-,33-,34-,35-,36+,37-,38-,39-,40-,41-,42-,43-,44-,45-,46-,47-,48-/m1/s1. The maximum atomic E-state index is 11.8. The summed E-state index contributed by atoms with van der Waals surface area (Å²) in [6.07, 6.45) is -64.7. The van der Waals surface area contributed by atoms with Gasteiger partial charge < -0.3 is 185 Å². The third kappa shape index (κ3) is 15.5. The molecule has 21 rings (SSSR count). The predicted molar refractivity (Wildman–Crippen MR) is 268 cm³/mol. The first-order chi connectivity index (χ1) is 40.7. The fraction of sp³-hybridized carbons (Fsp3) is 1.00. The summed E-state index contributed by atoms with van der Waals surface area (Å²) in [7, 11) is 0. The Morgan fingerprint density at radius 1 is 0.271 bits per heavy atom. The zero-order valence-corrected chi connectivity index (χ0v) is 45.8. The molecule has 0 aromatic rings. The number of hydrogen-bond acceptors (Lipinski definition) is 37. The highest BCUT2D eigenvalue weighted by Gasteiger charge is 2.59. The van der Waals surface area contributed by atoms with Gasteiger partial charge in [-0.2, -0.15) is 0 Å². The van der Waals surface area contributed by atoms with Crippen molar-refractivity contribution in [2.45, 2.75) is 215 Å². The first-order valence-electron chi connectivity index (χ1n) is 28.2. The van der Waals surface area contributed by atoms with E-state index in [2.05, 4.69) is 16.0 Å². The molecule has 21 fully saturated rings. The average molecular weight is 1250 g/mol. The molecule has 37 nitrogen and oxygen atoms in total. The smallest absolute Gasteiger partial charge is 0.187 e. The molecule has 0 unspecified atom stereocenters. The van der Waals surface area contributed by atoms with Crippen LogP contribution in [-0.2, 0) is 66.3 Å². The van der Waals surface area contributed by atoms with E-state index >= 15 is 0 Å². The first kappa shape index (κ1) is 69.4. The molecule has 85 heavy (non-hydrogen) atoms. The van der Waals surface area contributed by atoms with E-state index in [4.69, 9.17) is 72.0 Å². The van der Waals surface area contributed by atoms with Crippen molar-refractivity contribution >= 4 is 0 Å². The van der Waals surface area contributed by atoms with Gasteiger partial charge in [-0.05, 0) is 0 Å². The Morgan fingerprint density at radius 2 is 0.518 bits per heavy atom. The number of ether oxygens (including phenoxy) is 14. The third-order valence-corrected chi connectivity index (χ3v) is 16.1. The fourth-order valence-corrected chi connectivity index (χ4v) is 11.4. The van der Waals surface area contributed by atoms with Crippen LogP contribution in [-0.4, -0.2) is 391 Å². The van der Waals surface area contributed by atoms with Gasteiger partial charge >= 0.3 is 0 Å². The highest BCUT2D eigenvalue weighted by atomic mass is 16.8. The number of aliphatic hydroxyl groups excluding tert-OH is 19. The van der Waals surface area contributed by atoms with E-state index in [1.54, 1.807) is 0 Å². The van der Waals surface area contributed by atoms with Crippen LogP contribution in [0.25, 0.3) is 0 Å². The molecule has 21 heterocycles. The summed E-state index contributed by atoms with van der Waals surface area (Å²) in [6.45, 7) is -3.33. The summed E-state index contributed by atoms with van der Waals surface area (Å²) in [5.41, 5.74) is 5.52. The molecular weight excluding hydrogens is 1160 g/mol. The Kier molecular flexibility index (Phi) is 25.9. The SMILES string of the molecule is NCCNCCNCCNC[C@H]1O[C@@H]2O[C@H]3[C@H](O)[C@@H](O)[C@@H](O[C@H]4[C@H](O)[C@@H](O)[C@@H](O[C@H]5[C@H](O)[C@@H](O)[C@@H](O[C@H]6[C@H](O)C[C@@H](O[C@H]7[C@H](O)[C@@H](O)[C@@H](O[C@H]8[C@H](O)[C@@H](O)[C@@H](O[C@H]1[C@H](O)[C@H]2O)O[C@@H]8CO)O[C@@H]7CO)O[C@@H]6CO)O[C@@H]5CO)O[C@@H]4CO)O[C@@H]3CO. The van der Waals surface area contributed by atoms with Crippen molar-refractivity contribution in [1.29, 1.82) is 0 Å². The predicted octanol–water partition coefficient (Wildman–Crippen LogP) is -15.5. The van der Waals surface area contributed by atoms with Crippen LogP contribution in [0, 0.1) is 0 Å². The minimum Gasteiger partial charge on any atom is -0.394 e. The molecule has 0 spiro atoms. The fourth-order valence-electron chi connectivity index (χ4n) is 11.4. The van der Waals surface area contributed by atoms with Gasteiger partial charge in [0.2, 0.25) is 0 Å². The molecule has 34 atom stereocenters. The largest absolute Gasteiger partial charge is 0.394 e. The van der Waals surface area contributed by atoms with E-state index in [9.17, 15) is 97.0 Å². The van der Waals surface area contributed by atoms with E-state index < -0.39 is 255 Å². The molecule has 0 aromatic carbocycles. The summed E-state index contributed by atoms with van der Waals surface area (Å²) in [5, 5.41) is 221. The lowest BCUT2D eigenvalue weighted by molar-refractivity contribution is -0.395. The molecule has 0 aliphatic carbocycles. The van der Waals surface area contributed by atoms with Gasteiger partial charge in [-0.15, -0.1) is 0 Å². The van der Waals surface area contributed by atoms with Crippen molar-refractivity contribution < 1.29 is 163 Å². The Bertz CT molecular complexity index is 1970. The van der Waals surface area contributed by atoms with Crippen LogP contribution in [0.5, 0.6) is 0 Å². The maximum Gasteiger partial charge on any atom is 0.187 e. The monoisotopic (exact) mass is 1250 g/mol. The van der Waals surface area contributed by atoms with E-state index in [0.29, 0.717) is 32.7 Å². The molecule has 496 valence electrons. The quantitative estimate of drug-likeness (QED) is 0.0638. The Hall–Kier alpha value is -1.48. The summed E-state index contributed by atoms with van der Waals surface area (Å²) >= 11 is 0. The number of nitrogens with one attached hydrogen (secondary N) is 3. The minimum absolute atomic E-state index is 0.233. The molecule has 21 saturated heterocycles. The second kappa shape index (κ2) is 31.7. The molecule has 24 N–H and O–H groups in total. The van der Waals surface area contributed by atoms with Gasteiger partial charge in [0, 0.05) is 52.2 Å². The Balaban J connectivity index is 1.07. The van der Waals surface area contributed by atoms with Crippen LogP contribution >= 0.6 is 0 Å². The molecule has 14 bridgehead atoms. The maximum absolute atomic E-state index is 11.8. The average Bonchev–Trinajstić information content (AvgIpc) is 1.72. The highest BCUT2D eigenvalue weighted by molar-refractivity contribution is 5.01. The topological polar surface area (TPSA) is 576 Å². The third-order valence-electron chi connectivity index (χ3n) is 16.1. The normalized spacial score (nSPS) is 50.4. The van der Waals surface area contributed by atoms with Gasteiger partial charge in [0.15, 0.2) is 44.0 Å². The van der Waals surface area contributed by atoms with E-state index in [0.717, 1.165) is 0 Å². The molecule has 0 saturated carbocycles. The van der Waals surface area contributed by atoms with Crippen LogP contribution < -0.4 is 21.7 Å². The summed E-state index contributed by atoms with van der Waals surface area (Å²) in [6, 6.07) is 0. The Labute approximate surface area is 485 Å². The zero-order chi connectivity index (χ0) is 61.6. The van der Waals surface area contributed by atoms with Gasteiger partial charge in [0.25, 0.3) is 0 Å². The molecule has 0 amide bonds. The number of nitrogens with two attached hydrogens (primary N) is 1. The lowest BCUT2D eigenvalue weighted by atomic mass is 9.95. The lowest BCUT2D eigenvalue weighted by Gasteiger charge is -2.50. The van der Waals surface area contributed by atoms with Crippen molar-refractivity contribution in [1.82, 2.24) is 16.0 Å². The van der Waals surface area contributed by atoms with E-state index in [-0.39, 0.29) is 13.1 Å². The number of rotatable bonds is 16. The number of hydrogen-bond donors (Lipinski definition) is 23. The van der Waals surface area contributed by atoms with E-state index in [1.165, 1.54) is 0 Å². The van der Waals surface area contributed by atoms with Crippen molar-refractivity contribution in [2.24, 2.45) is 5.73 Å². The second-order valence-electron chi connectivity index (χ2n) is 21.8.